The van der Waals surface area contributed by atoms with Crippen molar-refractivity contribution in [2.75, 3.05) is 7.11 Å². The SMILES string of the molecule is C=C(C)[C@@H]1CC[C@]2(C#Cc3ccccc3C(=O)OC)CC[C@]3(C)C(CCC4[C@@]5(C)CC[C@H](O)C(C)(C)C5CC[C@]43C)C12. The molecule has 1 N–H and O–H groups in total. The van der Waals surface area contributed by atoms with E-state index in [0.29, 0.717) is 46.0 Å². The van der Waals surface area contributed by atoms with Crippen molar-refractivity contribution in [2.45, 2.75) is 112 Å². The maximum atomic E-state index is 12.5. The minimum Gasteiger partial charge on any atom is -0.465 e. The monoisotopic (exact) mass is 570 g/mol. The first-order valence-corrected chi connectivity index (χ1v) is 16.8. The lowest BCUT2D eigenvalue weighted by Crippen LogP contribution is -2.66. The van der Waals surface area contributed by atoms with Crippen LogP contribution in [-0.2, 0) is 4.74 Å². The summed E-state index contributed by atoms with van der Waals surface area (Å²) in [5.74, 6) is 10.1. The molecular formula is C39H54O3. The molecule has 0 spiro atoms. The van der Waals surface area contributed by atoms with Crippen LogP contribution in [0.15, 0.2) is 36.4 Å². The van der Waals surface area contributed by atoms with Crippen LogP contribution in [0.5, 0.6) is 0 Å². The maximum absolute atomic E-state index is 12.5. The summed E-state index contributed by atoms with van der Waals surface area (Å²) in [6, 6.07) is 7.66. The Balaban J connectivity index is 1.39. The van der Waals surface area contributed by atoms with Gasteiger partial charge in [-0.15, -0.1) is 0 Å². The molecule has 3 heteroatoms. The number of benzene rings is 1. The summed E-state index contributed by atoms with van der Waals surface area (Å²) in [7, 11) is 1.44. The molecule has 0 saturated heterocycles. The van der Waals surface area contributed by atoms with Gasteiger partial charge in [0.2, 0.25) is 0 Å². The highest BCUT2D eigenvalue weighted by molar-refractivity contribution is 5.92. The molecule has 1 aromatic carbocycles. The zero-order chi connectivity index (χ0) is 30.3. The topological polar surface area (TPSA) is 46.5 Å². The summed E-state index contributed by atoms with van der Waals surface area (Å²) in [6.07, 6.45) is 11.7. The van der Waals surface area contributed by atoms with Crippen LogP contribution in [0, 0.1) is 68.5 Å². The number of rotatable bonds is 2. The van der Waals surface area contributed by atoms with Gasteiger partial charge in [0, 0.05) is 11.0 Å². The molecule has 5 fully saturated rings. The number of carbonyl (C=O) groups is 1. The standard InChI is InChI=1S/C39H54O3/c1-25(2)27-16-22-39(21-15-26-11-9-10-12-28(26)34(41)42-8)24-23-37(6)29(33(27)39)13-14-31-36(5)19-18-32(40)35(3,4)30(36)17-20-38(31,37)7/h9-12,27,29-33,40H,1,13-14,16-20,22-24H2,2-8H3/t27-,29?,30?,31?,32-,33?,36-,37+,38+,39+/m0/s1. The summed E-state index contributed by atoms with van der Waals surface area (Å²) >= 11 is 0. The predicted molar refractivity (Wildman–Crippen MR) is 170 cm³/mol. The molecule has 4 unspecified atom stereocenters. The normalized spacial score (nSPS) is 45.2. The van der Waals surface area contributed by atoms with E-state index < -0.39 is 0 Å². The smallest absolute Gasteiger partial charge is 0.339 e. The summed E-state index contributed by atoms with van der Waals surface area (Å²) < 4.78 is 5.08. The first-order valence-electron chi connectivity index (χ1n) is 16.8. The highest BCUT2D eigenvalue weighted by Crippen LogP contribution is 2.77. The molecule has 0 aromatic heterocycles. The first-order chi connectivity index (χ1) is 19.7. The molecule has 228 valence electrons. The fraction of sp³-hybridized carbons (Fsp3) is 0.718. The Morgan fingerprint density at radius 1 is 0.905 bits per heavy atom. The number of hydrogen-bond acceptors (Lipinski definition) is 3. The molecular weight excluding hydrogens is 516 g/mol. The van der Waals surface area contributed by atoms with E-state index in [-0.39, 0.29) is 28.3 Å². The number of methoxy groups -OCH3 is 1. The van der Waals surface area contributed by atoms with Crippen molar-refractivity contribution in [1.29, 1.82) is 0 Å². The predicted octanol–water partition coefficient (Wildman–Crippen LogP) is 8.84. The van der Waals surface area contributed by atoms with Crippen molar-refractivity contribution in [2.24, 2.45) is 56.7 Å². The quantitative estimate of drug-likeness (QED) is 0.219. The van der Waals surface area contributed by atoms with Crippen molar-refractivity contribution < 1.29 is 14.6 Å². The molecule has 0 heterocycles. The van der Waals surface area contributed by atoms with Gasteiger partial charge >= 0.3 is 5.97 Å². The highest BCUT2D eigenvalue weighted by Gasteiger charge is 2.70. The highest BCUT2D eigenvalue weighted by atomic mass is 16.5. The molecule has 1 aromatic rings. The molecule has 0 radical (unpaired) electrons. The van der Waals surface area contributed by atoms with E-state index in [1.807, 2.05) is 24.3 Å². The molecule has 5 aliphatic rings. The van der Waals surface area contributed by atoms with E-state index in [2.05, 4.69) is 60.0 Å². The van der Waals surface area contributed by atoms with Gasteiger partial charge in [-0.3, -0.25) is 0 Å². The second-order valence-corrected chi connectivity index (χ2v) is 16.5. The third-order valence-corrected chi connectivity index (χ3v) is 14.8. The summed E-state index contributed by atoms with van der Waals surface area (Å²) in [5.41, 5.74) is 3.48. The molecule has 6 rings (SSSR count). The largest absolute Gasteiger partial charge is 0.465 e. The minimum absolute atomic E-state index is 0.0135. The second kappa shape index (κ2) is 9.99. The number of ether oxygens (including phenoxy) is 1. The summed E-state index contributed by atoms with van der Waals surface area (Å²) in [4.78, 5) is 12.5. The van der Waals surface area contributed by atoms with Crippen LogP contribution >= 0.6 is 0 Å². The van der Waals surface area contributed by atoms with Crippen LogP contribution in [0.25, 0.3) is 0 Å². The van der Waals surface area contributed by atoms with E-state index in [9.17, 15) is 9.90 Å². The van der Waals surface area contributed by atoms with E-state index in [0.717, 1.165) is 31.2 Å². The fourth-order valence-corrected chi connectivity index (χ4v) is 12.4. The van der Waals surface area contributed by atoms with Crippen molar-refractivity contribution in [1.82, 2.24) is 0 Å². The average molecular weight is 571 g/mol. The van der Waals surface area contributed by atoms with Crippen LogP contribution in [0.2, 0.25) is 0 Å². The number of esters is 1. The van der Waals surface area contributed by atoms with Crippen molar-refractivity contribution in [3.05, 3.63) is 47.5 Å². The molecule has 0 bridgehead atoms. The Morgan fingerprint density at radius 3 is 2.36 bits per heavy atom. The number of carbonyl (C=O) groups excluding carboxylic acids is 1. The van der Waals surface area contributed by atoms with E-state index in [1.54, 1.807) is 0 Å². The number of allylic oxidation sites excluding steroid dienone is 1. The van der Waals surface area contributed by atoms with Gasteiger partial charge in [0.05, 0.1) is 18.8 Å². The Bertz CT molecular complexity index is 1330. The molecule has 5 aliphatic carbocycles. The van der Waals surface area contributed by atoms with Crippen LogP contribution in [0.3, 0.4) is 0 Å². The molecule has 10 atom stereocenters. The fourth-order valence-electron chi connectivity index (χ4n) is 12.4. The zero-order valence-corrected chi connectivity index (χ0v) is 27.3. The van der Waals surface area contributed by atoms with Crippen LogP contribution in [0.4, 0.5) is 0 Å². The zero-order valence-electron chi connectivity index (χ0n) is 27.3. The van der Waals surface area contributed by atoms with Crippen molar-refractivity contribution in [3.63, 3.8) is 0 Å². The Kier molecular flexibility index (Phi) is 7.13. The summed E-state index contributed by atoms with van der Waals surface area (Å²) in [5, 5.41) is 11.0. The van der Waals surface area contributed by atoms with Crippen molar-refractivity contribution in [3.8, 4) is 11.8 Å². The molecule has 5 saturated carbocycles. The Labute approximate surface area is 255 Å². The van der Waals surface area contributed by atoms with Crippen LogP contribution in [0.1, 0.15) is 122 Å². The molecule has 3 nitrogen and oxygen atoms in total. The third kappa shape index (κ3) is 3.99. The van der Waals surface area contributed by atoms with Gasteiger partial charge in [0.25, 0.3) is 0 Å². The van der Waals surface area contributed by atoms with Gasteiger partial charge < -0.3 is 9.84 Å². The number of aliphatic hydroxyl groups excluding tert-OH is 1. The lowest BCUT2D eigenvalue weighted by Gasteiger charge is -2.72. The third-order valence-electron chi connectivity index (χ3n) is 14.8. The van der Waals surface area contributed by atoms with Gasteiger partial charge in [-0.2, -0.15) is 0 Å². The Morgan fingerprint density at radius 2 is 1.64 bits per heavy atom. The van der Waals surface area contributed by atoms with E-state index in [1.165, 1.54) is 51.2 Å². The molecule has 0 aliphatic heterocycles. The molecule has 42 heavy (non-hydrogen) atoms. The van der Waals surface area contributed by atoms with E-state index in [4.69, 9.17) is 4.74 Å². The molecule has 0 amide bonds. The van der Waals surface area contributed by atoms with Gasteiger partial charge in [-0.05, 0) is 135 Å². The van der Waals surface area contributed by atoms with Crippen molar-refractivity contribution >= 4 is 5.97 Å². The Hall–Kier alpha value is -2.05. The lowest BCUT2D eigenvalue weighted by atomic mass is 9.32. The first kappa shape index (κ1) is 30.0. The van der Waals surface area contributed by atoms with Crippen LogP contribution < -0.4 is 0 Å². The number of hydrogen-bond donors (Lipinski definition) is 1. The minimum atomic E-state index is -0.315. The number of fused-ring (bicyclic) bond motifs is 7. The van der Waals surface area contributed by atoms with E-state index >= 15 is 0 Å². The average Bonchev–Trinajstić information content (AvgIpc) is 3.34. The number of aliphatic hydroxyl groups is 1. The maximum Gasteiger partial charge on any atom is 0.339 e. The van der Waals surface area contributed by atoms with Gasteiger partial charge in [-0.1, -0.05) is 70.7 Å². The van der Waals surface area contributed by atoms with Crippen LogP contribution in [-0.4, -0.2) is 24.3 Å². The van der Waals surface area contributed by atoms with Gasteiger partial charge in [0.1, 0.15) is 0 Å². The summed E-state index contributed by atoms with van der Waals surface area (Å²) in [6.45, 7) is 19.4. The lowest BCUT2D eigenvalue weighted by molar-refractivity contribution is -0.244. The van der Waals surface area contributed by atoms with Gasteiger partial charge in [0.15, 0.2) is 0 Å². The van der Waals surface area contributed by atoms with Gasteiger partial charge in [-0.25, -0.2) is 4.79 Å². The second-order valence-electron chi connectivity index (χ2n) is 16.5.